The molecule has 0 aliphatic heterocycles. The number of hydrogen-bond acceptors (Lipinski definition) is 1. The molecule has 2 nitrogen and oxygen atoms in total. The first kappa shape index (κ1) is 10.9. The summed E-state index contributed by atoms with van der Waals surface area (Å²) >= 11 is 0. The molecule has 0 N–H and O–H groups in total. The van der Waals surface area contributed by atoms with E-state index in [1.165, 1.54) is 21.7 Å². The van der Waals surface area contributed by atoms with E-state index < -0.39 is 0 Å². The Kier molecular flexibility index (Phi) is 1.98. The summed E-state index contributed by atoms with van der Waals surface area (Å²) in [5, 5.41) is 3.73. The van der Waals surface area contributed by atoms with Crippen LogP contribution in [0.1, 0.15) is 0 Å². The van der Waals surface area contributed by atoms with Crippen LogP contribution in [0.5, 0.6) is 0 Å². The smallest absolute Gasteiger partial charge is 0.146 e. The van der Waals surface area contributed by atoms with Crippen LogP contribution in [0.25, 0.3) is 38.4 Å². The summed E-state index contributed by atoms with van der Waals surface area (Å²) in [5.74, 6) is 0. The molecule has 0 amide bonds. The largest absolute Gasteiger partial charge is 0.292 e. The number of benzene rings is 3. The van der Waals surface area contributed by atoms with Crippen molar-refractivity contribution in [1.29, 1.82) is 0 Å². The molecule has 5 rings (SSSR count). The predicted molar refractivity (Wildman–Crippen MR) is 87.7 cm³/mol. The standard InChI is InChI=1S/C19H12N2/c1-2-9-15-13(7-1)14-8-3-5-11-17(14)21-18-12-6-4-10-16(18)20-19(15)21/h1-12H. The van der Waals surface area contributed by atoms with Crippen LogP contribution < -0.4 is 0 Å². The first-order valence-electron chi connectivity index (χ1n) is 7.10. The van der Waals surface area contributed by atoms with E-state index in [4.69, 9.17) is 4.98 Å². The van der Waals surface area contributed by atoms with Gasteiger partial charge >= 0.3 is 0 Å². The van der Waals surface area contributed by atoms with Gasteiger partial charge in [0.05, 0.1) is 16.6 Å². The van der Waals surface area contributed by atoms with Gasteiger partial charge in [-0.1, -0.05) is 54.6 Å². The Labute approximate surface area is 121 Å². The summed E-state index contributed by atoms with van der Waals surface area (Å²) in [6.07, 6.45) is 0. The summed E-state index contributed by atoms with van der Waals surface area (Å²) in [4.78, 5) is 4.86. The van der Waals surface area contributed by atoms with Gasteiger partial charge in [-0.3, -0.25) is 4.40 Å². The highest BCUT2D eigenvalue weighted by Gasteiger charge is 2.12. The number of pyridine rings is 1. The lowest BCUT2D eigenvalue weighted by molar-refractivity contribution is 1.31. The Morgan fingerprint density at radius 3 is 2.05 bits per heavy atom. The van der Waals surface area contributed by atoms with E-state index in [0.29, 0.717) is 0 Å². The van der Waals surface area contributed by atoms with Crippen molar-refractivity contribution in [2.45, 2.75) is 0 Å². The van der Waals surface area contributed by atoms with Crippen LogP contribution in [0.2, 0.25) is 0 Å². The average molecular weight is 268 g/mol. The molecule has 98 valence electrons. The number of hydrogen-bond donors (Lipinski definition) is 0. The second-order valence-corrected chi connectivity index (χ2v) is 5.32. The monoisotopic (exact) mass is 268 g/mol. The second-order valence-electron chi connectivity index (χ2n) is 5.32. The van der Waals surface area contributed by atoms with Crippen molar-refractivity contribution in [2.75, 3.05) is 0 Å². The number of fused-ring (bicyclic) bond motifs is 8. The van der Waals surface area contributed by atoms with Crippen LogP contribution in [-0.4, -0.2) is 9.38 Å². The zero-order chi connectivity index (χ0) is 13.8. The number of imidazole rings is 1. The van der Waals surface area contributed by atoms with E-state index in [2.05, 4.69) is 71.1 Å². The summed E-state index contributed by atoms with van der Waals surface area (Å²) < 4.78 is 2.27. The molecule has 21 heavy (non-hydrogen) atoms. The van der Waals surface area contributed by atoms with Gasteiger partial charge in [0.25, 0.3) is 0 Å². The Morgan fingerprint density at radius 2 is 1.19 bits per heavy atom. The molecule has 2 heteroatoms. The maximum Gasteiger partial charge on any atom is 0.146 e. The number of aromatic nitrogens is 2. The van der Waals surface area contributed by atoms with Gasteiger partial charge in [-0.05, 0) is 23.6 Å². The topological polar surface area (TPSA) is 17.3 Å². The van der Waals surface area contributed by atoms with E-state index in [1.54, 1.807) is 0 Å². The fourth-order valence-electron chi connectivity index (χ4n) is 3.26. The highest BCUT2D eigenvalue weighted by atomic mass is 15.0. The van der Waals surface area contributed by atoms with Gasteiger partial charge in [0.2, 0.25) is 0 Å². The molecular formula is C19H12N2. The molecule has 0 spiro atoms. The lowest BCUT2D eigenvalue weighted by Crippen LogP contribution is -1.90. The molecule has 3 aromatic carbocycles. The van der Waals surface area contributed by atoms with Gasteiger partial charge in [0, 0.05) is 10.8 Å². The quantitative estimate of drug-likeness (QED) is 0.369. The Balaban J connectivity index is 2.25. The molecule has 0 atom stereocenters. The van der Waals surface area contributed by atoms with E-state index in [0.717, 1.165) is 16.7 Å². The molecule has 0 fully saturated rings. The molecule has 0 radical (unpaired) electrons. The van der Waals surface area contributed by atoms with E-state index in [1.807, 2.05) is 6.07 Å². The minimum Gasteiger partial charge on any atom is -0.292 e. The molecular weight excluding hydrogens is 256 g/mol. The maximum atomic E-state index is 4.86. The van der Waals surface area contributed by atoms with Crippen LogP contribution in [0, 0.1) is 0 Å². The Hall–Kier alpha value is -2.87. The molecule has 0 unspecified atom stereocenters. The minimum atomic E-state index is 1.03. The van der Waals surface area contributed by atoms with Crippen LogP contribution in [-0.2, 0) is 0 Å². The molecule has 0 saturated carbocycles. The van der Waals surface area contributed by atoms with Crippen molar-refractivity contribution in [3.05, 3.63) is 72.8 Å². The third-order valence-electron chi connectivity index (χ3n) is 4.16. The summed E-state index contributed by atoms with van der Waals surface area (Å²) in [6, 6.07) is 25.4. The zero-order valence-electron chi connectivity index (χ0n) is 11.3. The lowest BCUT2D eigenvalue weighted by Gasteiger charge is -2.08. The number of para-hydroxylation sites is 3. The Bertz CT molecular complexity index is 1140. The molecule has 2 heterocycles. The molecule has 0 bridgehead atoms. The van der Waals surface area contributed by atoms with Gasteiger partial charge in [-0.2, -0.15) is 0 Å². The van der Waals surface area contributed by atoms with Crippen molar-refractivity contribution in [1.82, 2.24) is 9.38 Å². The van der Waals surface area contributed by atoms with Crippen molar-refractivity contribution in [3.63, 3.8) is 0 Å². The first-order chi connectivity index (χ1) is 10.4. The van der Waals surface area contributed by atoms with Crippen LogP contribution in [0.3, 0.4) is 0 Å². The van der Waals surface area contributed by atoms with Gasteiger partial charge in [0.15, 0.2) is 0 Å². The van der Waals surface area contributed by atoms with Gasteiger partial charge in [-0.15, -0.1) is 0 Å². The fraction of sp³-hybridized carbons (Fsp3) is 0. The zero-order valence-corrected chi connectivity index (χ0v) is 11.3. The predicted octanol–water partition coefficient (Wildman–Crippen LogP) is 4.79. The van der Waals surface area contributed by atoms with Gasteiger partial charge in [-0.25, -0.2) is 4.98 Å². The number of rotatable bonds is 0. The second kappa shape index (κ2) is 3.83. The van der Waals surface area contributed by atoms with Crippen LogP contribution in [0.4, 0.5) is 0 Å². The van der Waals surface area contributed by atoms with Crippen molar-refractivity contribution in [2.24, 2.45) is 0 Å². The normalized spacial score (nSPS) is 11.8. The number of nitrogens with zero attached hydrogens (tertiary/aromatic N) is 2. The molecule has 0 aliphatic rings. The third-order valence-corrected chi connectivity index (χ3v) is 4.16. The van der Waals surface area contributed by atoms with Gasteiger partial charge in [0.1, 0.15) is 5.65 Å². The van der Waals surface area contributed by atoms with E-state index >= 15 is 0 Å². The SMILES string of the molecule is c1ccc2c(c1)nc1c3ccccc3c3ccccc3n21. The van der Waals surface area contributed by atoms with Gasteiger partial charge < -0.3 is 0 Å². The van der Waals surface area contributed by atoms with Crippen molar-refractivity contribution in [3.8, 4) is 0 Å². The van der Waals surface area contributed by atoms with Crippen molar-refractivity contribution >= 4 is 38.4 Å². The summed E-state index contributed by atoms with van der Waals surface area (Å²) in [7, 11) is 0. The first-order valence-corrected chi connectivity index (χ1v) is 7.10. The summed E-state index contributed by atoms with van der Waals surface area (Å²) in [5.41, 5.74) is 4.44. The highest BCUT2D eigenvalue weighted by Crippen LogP contribution is 2.31. The molecule has 5 aromatic rings. The maximum absolute atomic E-state index is 4.86. The lowest BCUT2D eigenvalue weighted by atomic mass is 10.1. The molecule has 0 saturated heterocycles. The van der Waals surface area contributed by atoms with E-state index in [9.17, 15) is 0 Å². The highest BCUT2D eigenvalue weighted by molar-refractivity contribution is 6.13. The minimum absolute atomic E-state index is 1.03. The van der Waals surface area contributed by atoms with Crippen LogP contribution in [0.15, 0.2) is 72.8 Å². The summed E-state index contributed by atoms with van der Waals surface area (Å²) in [6.45, 7) is 0. The van der Waals surface area contributed by atoms with Crippen LogP contribution >= 0.6 is 0 Å². The average Bonchev–Trinajstić information content (AvgIpc) is 2.95. The molecule has 2 aromatic heterocycles. The third kappa shape index (κ3) is 1.34. The Morgan fingerprint density at radius 1 is 0.571 bits per heavy atom. The van der Waals surface area contributed by atoms with Crippen molar-refractivity contribution < 1.29 is 0 Å². The van der Waals surface area contributed by atoms with E-state index in [-0.39, 0.29) is 0 Å². The fourth-order valence-corrected chi connectivity index (χ4v) is 3.26. The molecule has 0 aliphatic carbocycles.